The Kier molecular flexibility index (Phi) is 11.4. The Morgan fingerprint density at radius 1 is 1.03 bits per heavy atom. The van der Waals surface area contributed by atoms with Gasteiger partial charge in [-0.25, -0.2) is 4.79 Å². The number of aliphatic carboxylic acids is 3. The number of likely N-dealkylation sites (N-methyl/N-ethyl adjacent to an activating group) is 1. The maximum atomic E-state index is 10.3. The molecule has 0 spiro atoms. The van der Waals surface area contributed by atoms with Gasteiger partial charge in [-0.15, -0.1) is 0 Å². The fourth-order valence-corrected chi connectivity index (χ4v) is 4.32. The molecule has 37 heavy (non-hydrogen) atoms. The highest BCUT2D eigenvalue weighted by molar-refractivity contribution is 5.88. The number of nitrogens with zero attached hydrogens (tertiary/aromatic N) is 3. The van der Waals surface area contributed by atoms with Crippen molar-refractivity contribution in [2.24, 2.45) is 0 Å². The Balaban J connectivity index is 0.000000317. The van der Waals surface area contributed by atoms with E-state index in [1.165, 1.54) is 19.4 Å². The molecule has 1 aliphatic rings. The summed E-state index contributed by atoms with van der Waals surface area (Å²) in [5, 5.41) is 43.9. The topological polar surface area (TPSA) is 172 Å². The van der Waals surface area contributed by atoms with Crippen molar-refractivity contribution >= 4 is 17.9 Å². The van der Waals surface area contributed by atoms with Gasteiger partial charge in [0.25, 0.3) is 0 Å². The highest BCUT2D eigenvalue weighted by Crippen LogP contribution is 2.22. The van der Waals surface area contributed by atoms with Crippen LogP contribution in [0.4, 0.5) is 0 Å². The van der Waals surface area contributed by atoms with Gasteiger partial charge < -0.3 is 25.5 Å². The van der Waals surface area contributed by atoms with Crippen LogP contribution in [-0.4, -0.2) is 89.5 Å². The van der Waals surface area contributed by atoms with E-state index in [1.807, 2.05) is 36.5 Å². The van der Waals surface area contributed by atoms with Crippen LogP contribution in [0.2, 0.25) is 0 Å². The second kappa shape index (κ2) is 14.3. The molecule has 11 nitrogen and oxygen atoms in total. The van der Waals surface area contributed by atoms with Gasteiger partial charge in [0.2, 0.25) is 0 Å². The van der Waals surface area contributed by atoms with Crippen LogP contribution >= 0.6 is 0 Å². The van der Waals surface area contributed by atoms with E-state index in [0.29, 0.717) is 11.8 Å². The molecule has 1 aromatic carbocycles. The molecule has 5 N–H and O–H groups in total. The van der Waals surface area contributed by atoms with Gasteiger partial charge in [-0.3, -0.25) is 24.4 Å². The summed E-state index contributed by atoms with van der Waals surface area (Å²) in [4.78, 5) is 39.9. The lowest BCUT2D eigenvalue weighted by molar-refractivity contribution is -0.170. The van der Waals surface area contributed by atoms with E-state index in [1.54, 1.807) is 6.07 Å². The average molecular weight is 518 g/mol. The molecule has 0 aliphatic carbocycles. The molecule has 1 aromatic heterocycles. The quantitative estimate of drug-likeness (QED) is 0.279. The van der Waals surface area contributed by atoms with E-state index in [-0.39, 0.29) is 0 Å². The number of pyridine rings is 1. The fraction of sp³-hybridized carbons (Fsp3) is 0.462. The predicted octanol–water partition coefficient (Wildman–Crippen LogP) is 2.03. The number of aliphatic hydroxyl groups is 1. The second-order valence-corrected chi connectivity index (χ2v) is 9.02. The number of carboxylic acid groups (broad SMARTS) is 3. The van der Waals surface area contributed by atoms with Crippen molar-refractivity contribution in [2.45, 2.75) is 57.3 Å². The summed E-state index contributed by atoms with van der Waals surface area (Å²) in [7, 11) is 0. The summed E-state index contributed by atoms with van der Waals surface area (Å²) in [6, 6.07) is 14.3. The lowest BCUT2D eigenvalue weighted by Gasteiger charge is -2.30. The van der Waals surface area contributed by atoms with Crippen LogP contribution < -0.4 is 0 Å². The van der Waals surface area contributed by atoms with Gasteiger partial charge >= 0.3 is 17.9 Å². The molecule has 11 heteroatoms. The van der Waals surface area contributed by atoms with Crippen LogP contribution in [-0.2, 0) is 27.5 Å². The van der Waals surface area contributed by atoms with Gasteiger partial charge in [0.1, 0.15) is 5.75 Å². The molecule has 1 aliphatic heterocycles. The van der Waals surface area contributed by atoms with Gasteiger partial charge in [0, 0.05) is 37.4 Å². The van der Waals surface area contributed by atoms with E-state index in [9.17, 15) is 19.5 Å². The Labute approximate surface area is 215 Å². The summed E-state index contributed by atoms with van der Waals surface area (Å²) < 4.78 is 0. The largest absolute Gasteiger partial charge is 0.508 e. The van der Waals surface area contributed by atoms with Crippen LogP contribution in [0.1, 0.15) is 43.9 Å². The third-order valence-electron chi connectivity index (χ3n) is 6.16. The molecule has 2 heterocycles. The molecule has 1 fully saturated rings. The lowest BCUT2D eigenvalue weighted by Crippen LogP contribution is -2.42. The monoisotopic (exact) mass is 517 g/mol. The van der Waals surface area contributed by atoms with Gasteiger partial charge in [-0.1, -0.05) is 31.2 Å². The molecule has 0 amide bonds. The molecule has 1 unspecified atom stereocenters. The maximum Gasteiger partial charge on any atom is 0.336 e. The Morgan fingerprint density at radius 2 is 1.68 bits per heavy atom. The first-order chi connectivity index (χ1) is 17.5. The third-order valence-corrected chi connectivity index (χ3v) is 6.16. The van der Waals surface area contributed by atoms with E-state index in [4.69, 9.17) is 20.4 Å². The minimum atomic E-state index is -2.74. The van der Waals surface area contributed by atoms with Crippen molar-refractivity contribution in [1.82, 2.24) is 14.8 Å². The van der Waals surface area contributed by atoms with Crippen LogP contribution in [0.3, 0.4) is 0 Å². The number of phenols is 1. The van der Waals surface area contributed by atoms with Crippen molar-refractivity contribution < 1.29 is 39.9 Å². The Hall–Kier alpha value is -3.54. The lowest BCUT2D eigenvalue weighted by atomic mass is 9.96. The summed E-state index contributed by atoms with van der Waals surface area (Å²) in [6.07, 6.45) is 2.10. The zero-order chi connectivity index (χ0) is 27.4. The Bertz CT molecular complexity index is 1020. The van der Waals surface area contributed by atoms with Crippen LogP contribution in [0, 0.1) is 0 Å². The highest BCUT2D eigenvalue weighted by Gasteiger charge is 2.40. The number of rotatable bonds is 12. The van der Waals surface area contributed by atoms with E-state index < -0.39 is 36.4 Å². The number of phenolic OH excluding ortho intramolecular Hbond substituents is 1. The van der Waals surface area contributed by atoms with Crippen molar-refractivity contribution in [3.8, 4) is 5.75 Å². The summed E-state index contributed by atoms with van der Waals surface area (Å²) in [5.41, 5.74) is -0.680. The average Bonchev–Trinajstić information content (AvgIpc) is 3.27. The molecule has 0 bridgehead atoms. The normalized spacial score (nSPS) is 15.7. The van der Waals surface area contributed by atoms with Crippen molar-refractivity contribution in [2.75, 3.05) is 19.6 Å². The van der Waals surface area contributed by atoms with Crippen LogP contribution in [0.15, 0.2) is 48.7 Å². The number of carbonyl (C=O) groups is 3. The third kappa shape index (κ3) is 9.79. The van der Waals surface area contributed by atoms with E-state index >= 15 is 0 Å². The summed E-state index contributed by atoms with van der Waals surface area (Å²) >= 11 is 0. The predicted molar refractivity (Wildman–Crippen MR) is 134 cm³/mol. The first-order valence-corrected chi connectivity index (χ1v) is 12.1. The minimum absolute atomic E-state index is 0.377. The van der Waals surface area contributed by atoms with Crippen molar-refractivity contribution in [3.63, 3.8) is 0 Å². The van der Waals surface area contributed by atoms with Crippen LogP contribution in [0.25, 0.3) is 0 Å². The number of para-hydroxylation sites is 1. The highest BCUT2D eigenvalue weighted by atomic mass is 16.4. The SMILES string of the molecule is CCN1CCCC1CN(Cc1ccccn1)Cc1ccccc1O.O=C(O)CC(O)(CC(=O)O)C(=O)O. The molecular weight excluding hydrogens is 482 g/mol. The smallest absolute Gasteiger partial charge is 0.336 e. The fourth-order valence-electron chi connectivity index (χ4n) is 4.32. The molecule has 1 atom stereocenters. The molecule has 0 saturated carbocycles. The van der Waals surface area contributed by atoms with Gasteiger partial charge in [-0.2, -0.15) is 0 Å². The first-order valence-electron chi connectivity index (χ1n) is 12.1. The number of likely N-dealkylation sites (tertiary alicyclic amines) is 1. The number of hydrogen-bond acceptors (Lipinski definition) is 8. The number of carboxylic acids is 3. The number of aromatic nitrogens is 1. The van der Waals surface area contributed by atoms with Crippen molar-refractivity contribution in [3.05, 3.63) is 59.9 Å². The first kappa shape index (κ1) is 29.7. The molecule has 202 valence electrons. The molecular formula is C26H35N3O8. The summed E-state index contributed by atoms with van der Waals surface area (Å²) in [6.45, 7) is 7.12. The van der Waals surface area contributed by atoms with Crippen molar-refractivity contribution in [1.29, 1.82) is 0 Å². The standard InChI is InChI=1S/C20H27N3O.C6H8O7/c1-2-23-13-7-10-19(23)16-22(15-18-9-5-6-12-21-18)14-17-8-3-4-11-20(17)24;7-3(8)1-6(13,5(11)12)2-4(9)10/h3-6,8-9,11-12,19,24H,2,7,10,13-16H2,1H3;13H,1-2H2,(H,7,8)(H,9,10)(H,11,12). The van der Waals surface area contributed by atoms with E-state index in [2.05, 4.69) is 27.8 Å². The number of benzene rings is 1. The molecule has 0 radical (unpaired) electrons. The molecule has 3 rings (SSSR count). The van der Waals surface area contributed by atoms with E-state index in [0.717, 1.165) is 37.4 Å². The Morgan fingerprint density at radius 3 is 2.22 bits per heavy atom. The zero-order valence-electron chi connectivity index (χ0n) is 20.9. The molecule has 1 saturated heterocycles. The number of hydrogen-bond donors (Lipinski definition) is 5. The maximum absolute atomic E-state index is 10.3. The minimum Gasteiger partial charge on any atom is -0.508 e. The molecule has 2 aromatic rings. The second-order valence-electron chi connectivity index (χ2n) is 9.02. The summed E-state index contributed by atoms with van der Waals surface area (Å²) in [5.74, 6) is -4.64. The zero-order valence-corrected chi connectivity index (χ0v) is 20.9. The van der Waals surface area contributed by atoms with Gasteiger partial charge in [0.05, 0.1) is 18.5 Å². The van der Waals surface area contributed by atoms with Gasteiger partial charge in [-0.05, 0) is 44.1 Å². The number of aromatic hydroxyl groups is 1. The van der Waals surface area contributed by atoms with Crippen LogP contribution in [0.5, 0.6) is 5.75 Å². The van der Waals surface area contributed by atoms with Gasteiger partial charge in [0.15, 0.2) is 5.60 Å².